The van der Waals surface area contributed by atoms with Crippen LogP contribution in [0.5, 0.6) is 5.75 Å². The minimum absolute atomic E-state index is 0.0406. The number of benzene rings is 1. The van der Waals surface area contributed by atoms with E-state index in [2.05, 4.69) is 4.79 Å². The van der Waals surface area contributed by atoms with Gasteiger partial charge in [0, 0.05) is 36.9 Å². The van der Waals surface area contributed by atoms with E-state index in [1.165, 1.54) is 25.3 Å². The third-order valence-corrected chi connectivity index (χ3v) is 6.37. The molecular weight excluding hydrogens is 488 g/mol. The van der Waals surface area contributed by atoms with Gasteiger partial charge in [-0.25, -0.2) is 0 Å². The summed E-state index contributed by atoms with van der Waals surface area (Å²) in [7, 11) is 1.31. The van der Waals surface area contributed by atoms with Crippen LogP contribution in [0.4, 0.5) is 0 Å². The van der Waals surface area contributed by atoms with E-state index in [9.17, 15) is 34.6 Å². The van der Waals surface area contributed by atoms with Crippen LogP contribution in [0.2, 0.25) is 0 Å². The SMILES string of the molecule is COc1cccc2c(=O)c3c4c(c(=[N+]=[N-])c=3c(=O)c12)[C@@H](OC(C)=O)C(C)(O)[C@H](OC(C)=O)[C@H]4OC(C)=O. The highest BCUT2D eigenvalue weighted by Gasteiger charge is 2.58. The second kappa shape index (κ2) is 8.91. The number of ether oxygens (including phenoxy) is 4. The first-order valence-electron chi connectivity index (χ1n) is 11.1. The van der Waals surface area contributed by atoms with Crippen molar-refractivity contribution in [3.05, 3.63) is 71.1 Å². The lowest BCUT2D eigenvalue weighted by molar-refractivity contribution is -0.222. The summed E-state index contributed by atoms with van der Waals surface area (Å²) >= 11 is 0. The van der Waals surface area contributed by atoms with Crippen LogP contribution in [0.1, 0.15) is 51.0 Å². The largest absolute Gasteiger partial charge is 0.496 e. The monoisotopic (exact) mass is 510 g/mol. The predicted octanol–water partition coefficient (Wildman–Crippen LogP) is 0.204. The minimum atomic E-state index is -2.27. The molecule has 1 aromatic rings. The number of hydrogen-bond acceptors (Lipinski definition) is 10. The van der Waals surface area contributed by atoms with Gasteiger partial charge >= 0.3 is 23.3 Å². The Morgan fingerprint density at radius 1 is 0.946 bits per heavy atom. The van der Waals surface area contributed by atoms with Gasteiger partial charge in [0.05, 0.1) is 18.1 Å². The number of hydrogen-bond donors (Lipinski definition) is 1. The third-order valence-electron chi connectivity index (χ3n) is 6.37. The maximum atomic E-state index is 13.8. The average Bonchev–Trinajstić information content (AvgIpc) is 3.16. The van der Waals surface area contributed by atoms with E-state index in [1.54, 1.807) is 0 Å². The van der Waals surface area contributed by atoms with Gasteiger partial charge in [-0.1, -0.05) is 12.1 Å². The van der Waals surface area contributed by atoms with Crippen LogP contribution in [-0.4, -0.2) is 46.6 Å². The van der Waals surface area contributed by atoms with E-state index in [0.717, 1.165) is 27.7 Å². The van der Waals surface area contributed by atoms with Gasteiger partial charge in [-0.3, -0.25) is 24.0 Å². The highest BCUT2D eigenvalue weighted by atomic mass is 16.6. The Morgan fingerprint density at radius 3 is 2.11 bits per heavy atom. The van der Waals surface area contributed by atoms with Gasteiger partial charge in [0.15, 0.2) is 23.7 Å². The Hall–Kier alpha value is -4.41. The minimum Gasteiger partial charge on any atom is -0.496 e. The molecule has 0 bridgehead atoms. The molecular formula is C25H22N2O10. The van der Waals surface area contributed by atoms with Crippen molar-refractivity contribution in [2.24, 2.45) is 0 Å². The second-order valence-corrected chi connectivity index (χ2v) is 8.84. The molecule has 12 heteroatoms. The smallest absolute Gasteiger partial charge is 0.334 e. The Labute approximate surface area is 207 Å². The van der Waals surface area contributed by atoms with Gasteiger partial charge in [0.2, 0.25) is 5.43 Å². The number of esters is 3. The molecule has 1 aromatic carbocycles. The number of carbonyl (C=O) groups excluding carboxylic acids is 3. The maximum Gasteiger partial charge on any atom is 0.334 e. The van der Waals surface area contributed by atoms with Crippen molar-refractivity contribution in [1.82, 2.24) is 0 Å². The van der Waals surface area contributed by atoms with Crippen LogP contribution in [0.25, 0.3) is 16.3 Å². The van der Waals surface area contributed by atoms with E-state index < -0.39 is 58.0 Å². The first-order chi connectivity index (χ1) is 17.4. The fourth-order valence-electron chi connectivity index (χ4n) is 5.06. The normalized spacial score (nSPS) is 22.7. The molecule has 1 N–H and O–H groups in total. The van der Waals surface area contributed by atoms with Crippen molar-refractivity contribution < 1.29 is 43.2 Å². The first-order valence-corrected chi connectivity index (χ1v) is 11.1. The van der Waals surface area contributed by atoms with E-state index in [4.69, 9.17) is 18.9 Å². The van der Waals surface area contributed by atoms with Gasteiger partial charge in [-0.15, -0.1) is 0 Å². The highest BCUT2D eigenvalue weighted by Crippen LogP contribution is 2.47. The van der Waals surface area contributed by atoms with Crippen molar-refractivity contribution >= 4 is 28.7 Å². The first kappa shape index (κ1) is 25.7. The lowest BCUT2D eigenvalue weighted by Gasteiger charge is -2.44. The molecule has 4 rings (SSSR count). The molecule has 0 amide bonds. The molecule has 0 heterocycles. The summed E-state index contributed by atoms with van der Waals surface area (Å²) < 4.78 is 21.4. The molecule has 4 atom stereocenters. The lowest BCUT2D eigenvalue weighted by atomic mass is 9.75. The number of methoxy groups -OCH3 is 1. The average molecular weight is 510 g/mol. The van der Waals surface area contributed by atoms with E-state index in [1.807, 2.05) is 0 Å². The number of aliphatic hydroxyl groups is 1. The quantitative estimate of drug-likeness (QED) is 0.221. The molecule has 0 spiro atoms. The molecule has 0 aromatic heterocycles. The molecule has 3 aliphatic carbocycles. The van der Waals surface area contributed by atoms with Crippen LogP contribution in [-0.2, 0) is 28.6 Å². The molecule has 0 fully saturated rings. The van der Waals surface area contributed by atoms with Crippen molar-refractivity contribution in [3.63, 3.8) is 0 Å². The fourth-order valence-corrected chi connectivity index (χ4v) is 5.06. The third kappa shape index (κ3) is 3.78. The summed E-state index contributed by atoms with van der Waals surface area (Å²) in [5, 5.41) is 10.3. The van der Waals surface area contributed by atoms with E-state index >= 15 is 0 Å². The Bertz CT molecular complexity index is 1730. The summed E-state index contributed by atoms with van der Waals surface area (Å²) in [6.45, 7) is 4.30. The molecule has 37 heavy (non-hydrogen) atoms. The summed E-state index contributed by atoms with van der Waals surface area (Å²) in [5.74, 6) is -2.54. The molecule has 0 saturated heterocycles. The maximum absolute atomic E-state index is 13.8. The van der Waals surface area contributed by atoms with Crippen LogP contribution in [0.15, 0.2) is 27.8 Å². The number of carbonyl (C=O) groups is 3. The standard InChI is InChI=1S/C25H22N2O10/c1-9(28)35-22-16-15-17(21(32)14-12(20(15)31)7-6-8-13(14)34-5)19(27-26)18(16)23(36-10(2)29)25(4,33)24(22)37-11(3)30/h6-8,22-24,33H,1-5H3/t22-,23+,24+,25?/m0/s1. The van der Waals surface area contributed by atoms with Gasteiger partial charge in [-0.2, -0.15) is 4.79 Å². The molecule has 1 unspecified atom stereocenters. The van der Waals surface area contributed by atoms with Crippen LogP contribution in [0.3, 0.4) is 0 Å². The number of nitrogens with zero attached hydrogens (tertiary/aromatic N) is 2. The van der Waals surface area contributed by atoms with Crippen molar-refractivity contribution in [2.75, 3.05) is 7.11 Å². The Morgan fingerprint density at radius 2 is 1.57 bits per heavy atom. The van der Waals surface area contributed by atoms with Crippen molar-refractivity contribution in [1.29, 1.82) is 0 Å². The van der Waals surface area contributed by atoms with Crippen molar-refractivity contribution in [3.8, 4) is 5.75 Å². The summed E-state index contributed by atoms with van der Waals surface area (Å²) in [6.07, 6.45) is -5.01. The molecule has 0 radical (unpaired) electrons. The lowest BCUT2D eigenvalue weighted by Crippen LogP contribution is -2.56. The zero-order valence-electron chi connectivity index (χ0n) is 20.5. The van der Waals surface area contributed by atoms with Crippen molar-refractivity contribution in [2.45, 2.75) is 51.6 Å². The molecule has 192 valence electrons. The molecule has 3 aliphatic rings. The summed E-state index contributed by atoms with van der Waals surface area (Å²) in [4.78, 5) is 67.0. The van der Waals surface area contributed by atoms with E-state index in [-0.39, 0.29) is 38.1 Å². The number of fused-ring (bicyclic) bond motifs is 3. The Kier molecular flexibility index (Phi) is 6.19. The molecule has 0 saturated carbocycles. The van der Waals surface area contributed by atoms with Crippen LogP contribution < -0.4 is 21.0 Å². The predicted molar refractivity (Wildman–Crippen MR) is 123 cm³/mol. The highest BCUT2D eigenvalue weighted by molar-refractivity contribution is 5.88. The topological polar surface area (TPSA) is 179 Å². The van der Waals surface area contributed by atoms with Crippen LogP contribution in [0, 0.1) is 10.4 Å². The molecule has 0 aliphatic heterocycles. The van der Waals surface area contributed by atoms with Gasteiger partial charge in [0.25, 0.3) is 0 Å². The Balaban J connectivity index is 2.35. The molecule has 12 nitrogen and oxygen atoms in total. The van der Waals surface area contributed by atoms with Gasteiger partial charge in [-0.05, 0) is 13.0 Å². The number of rotatable bonds is 4. The fraction of sp³-hybridized carbons (Fsp3) is 0.360. The van der Waals surface area contributed by atoms with E-state index in [0.29, 0.717) is 0 Å². The zero-order valence-corrected chi connectivity index (χ0v) is 20.5. The second-order valence-electron chi connectivity index (χ2n) is 8.84. The van der Waals surface area contributed by atoms with Gasteiger partial charge in [0.1, 0.15) is 16.6 Å². The van der Waals surface area contributed by atoms with Gasteiger partial charge < -0.3 is 29.6 Å². The summed E-state index contributed by atoms with van der Waals surface area (Å²) in [6, 6.07) is 4.36. The summed E-state index contributed by atoms with van der Waals surface area (Å²) in [5.41, 5.74) is 5.88. The zero-order chi connectivity index (χ0) is 27.4. The van der Waals surface area contributed by atoms with Crippen LogP contribution >= 0.6 is 0 Å².